The van der Waals surface area contributed by atoms with E-state index in [-0.39, 0.29) is 29.3 Å². The van der Waals surface area contributed by atoms with Gasteiger partial charge in [0.2, 0.25) is 10.0 Å². The molecule has 42 heavy (non-hydrogen) atoms. The highest BCUT2D eigenvalue weighted by Crippen LogP contribution is 2.56. The van der Waals surface area contributed by atoms with Crippen LogP contribution in [0.25, 0.3) is 0 Å². The Morgan fingerprint density at radius 3 is 2.26 bits per heavy atom. The van der Waals surface area contributed by atoms with E-state index in [1.165, 1.54) is 12.1 Å². The van der Waals surface area contributed by atoms with Gasteiger partial charge in [0.1, 0.15) is 6.10 Å². The van der Waals surface area contributed by atoms with Crippen LogP contribution in [0.2, 0.25) is 5.02 Å². The molecule has 4 unspecified atom stereocenters. The summed E-state index contributed by atoms with van der Waals surface area (Å²) in [5.74, 6) is -7.54. The molecular formula is C26H30ClF3N2O8S2. The first-order valence-electron chi connectivity index (χ1n) is 12.9. The Hall–Kier alpha value is -2.27. The van der Waals surface area contributed by atoms with Gasteiger partial charge >= 0.3 is 0 Å². The number of aliphatic hydroxyl groups excluding tert-OH is 2. The van der Waals surface area contributed by atoms with Crippen molar-refractivity contribution in [1.82, 2.24) is 4.72 Å². The summed E-state index contributed by atoms with van der Waals surface area (Å²) in [6.45, 7) is 1.22. The highest BCUT2D eigenvalue weighted by Gasteiger charge is 2.62. The first-order chi connectivity index (χ1) is 19.4. The van der Waals surface area contributed by atoms with E-state index in [2.05, 4.69) is 10.0 Å². The standard InChI is InChI=1S/C26H30ClF3N2O8S2/c1-12-5-14-7-16(10-17(12)26(14,36)24(34)21(33)11-31-41(2,37)38)42(39,40)22-6-13(3-4-18(22)27)25(35)32-15-8-19(28)23(30)20(29)9-15/h3-4,6,8-9,12,14,16-17,21,24,31,33-34,36H,5,7,10-11H2,1-2H3,(H,32,35)/t12-,14?,16+,17?,21?,24?,26+/m0/s1. The van der Waals surface area contributed by atoms with E-state index in [1.807, 2.05) is 0 Å². The predicted octanol–water partition coefficient (Wildman–Crippen LogP) is 2.22. The molecule has 5 N–H and O–H groups in total. The Morgan fingerprint density at radius 2 is 1.69 bits per heavy atom. The molecule has 2 aliphatic rings. The number of halogens is 4. The minimum absolute atomic E-state index is 0.121. The van der Waals surface area contributed by atoms with E-state index in [9.17, 15) is 50.1 Å². The summed E-state index contributed by atoms with van der Waals surface area (Å²) in [5, 5.41) is 33.8. The zero-order chi connectivity index (χ0) is 31.4. The van der Waals surface area contributed by atoms with Gasteiger partial charge in [0.15, 0.2) is 27.3 Å². The molecule has 0 aliphatic heterocycles. The Labute approximate surface area is 245 Å². The zero-order valence-corrected chi connectivity index (χ0v) is 24.8. The molecule has 2 aromatic rings. The van der Waals surface area contributed by atoms with Gasteiger partial charge in [-0.3, -0.25) is 4.79 Å². The van der Waals surface area contributed by atoms with Gasteiger partial charge in [-0.1, -0.05) is 18.5 Å². The average molecular weight is 655 g/mol. The summed E-state index contributed by atoms with van der Waals surface area (Å²) in [5.41, 5.74) is -2.51. The van der Waals surface area contributed by atoms with E-state index in [4.69, 9.17) is 11.6 Å². The molecule has 16 heteroatoms. The lowest BCUT2D eigenvalue weighted by Crippen LogP contribution is -2.61. The summed E-state index contributed by atoms with van der Waals surface area (Å²) >= 11 is 6.23. The van der Waals surface area contributed by atoms with Crippen molar-refractivity contribution in [2.45, 2.75) is 54.1 Å². The minimum Gasteiger partial charge on any atom is -0.389 e. The summed E-state index contributed by atoms with van der Waals surface area (Å²) in [4.78, 5) is 12.4. The maximum absolute atomic E-state index is 13.8. The van der Waals surface area contributed by atoms with Crippen molar-refractivity contribution in [1.29, 1.82) is 0 Å². The number of carbonyl (C=O) groups excluding carboxylic acids is 1. The predicted molar refractivity (Wildman–Crippen MR) is 146 cm³/mol. The Balaban J connectivity index is 1.57. The number of hydrogen-bond acceptors (Lipinski definition) is 8. The number of amides is 1. The number of nitrogens with one attached hydrogen (secondary N) is 2. The number of benzene rings is 2. The number of carbonyl (C=O) groups is 1. The van der Waals surface area contributed by atoms with Crippen molar-refractivity contribution in [3.05, 3.63) is 58.4 Å². The molecule has 0 radical (unpaired) electrons. The fraction of sp³-hybridized carbons (Fsp3) is 0.500. The third-order valence-corrected chi connectivity index (χ3v) is 11.6. The number of hydrogen-bond donors (Lipinski definition) is 5. The van der Waals surface area contributed by atoms with Gasteiger partial charge in [-0.25, -0.2) is 34.7 Å². The molecule has 2 saturated carbocycles. The van der Waals surface area contributed by atoms with Crippen molar-refractivity contribution >= 4 is 43.1 Å². The normalized spacial score (nSPS) is 27.5. The Kier molecular flexibility index (Phi) is 9.07. The molecule has 232 valence electrons. The second-order valence-corrected chi connectivity index (χ2v) is 15.5. The number of anilines is 1. The quantitative estimate of drug-likeness (QED) is 0.256. The van der Waals surface area contributed by atoms with Crippen molar-refractivity contribution in [3.8, 4) is 0 Å². The van der Waals surface area contributed by atoms with Crippen molar-refractivity contribution in [2.24, 2.45) is 17.8 Å². The Morgan fingerprint density at radius 1 is 1.07 bits per heavy atom. The van der Waals surface area contributed by atoms with Crippen LogP contribution in [0.5, 0.6) is 0 Å². The first-order valence-corrected chi connectivity index (χ1v) is 16.7. The number of fused-ring (bicyclic) bond motifs is 2. The monoisotopic (exact) mass is 654 g/mol. The van der Waals surface area contributed by atoms with Crippen LogP contribution in [-0.2, 0) is 19.9 Å². The minimum atomic E-state index is -4.24. The third kappa shape index (κ3) is 6.18. The molecule has 2 aromatic carbocycles. The number of sulfonamides is 1. The second kappa shape index (κ2) is 11.7. The van der Waals surface area contributed by atoms with Crippen molar-refractivity contribution in [3.63, 3.8) is 0 Å². The van der Waals surface area contributed by atoms with Crippen LogP contribution in [0.3, 0.4) is 0 Å². The van der Waals surface area contributed by atoms with Crippen LogP contribution >= 0.6 is 11.6 Å². The highest BCUT2D eigenvalue weighted by atomic mass is 35.5. The number of rotatable bonds is 9. The molecule has 0 saturated heterocycles. The topological polar surface area (TPSA) is 170 Å². The van der Waals surface area contributed by atoms with E-state index in [0.29, 0.717) is 18.6 Å². The van der Waals surface area contributed by atoms with Crippen LogP contribution in [0.1, 0.15) is 36.5 Å². The summed E-state index contributed by atoms with van der Waals surface area (Å²) in [6, 6.07) is 4.49. The number of sulfone groups is 1. The molecule has 7 atom stereocenters. The van der Waals surface area contributed by atoms with Gasteiger partial charge < -0.3 is 20.6 Å². The second-order valence-electron chi connectivity index (χ2n) is 11.0. The molecule has 0 spiro atoms. The van der Waals surface area contributed by atoms with Crippen molar-refractivity contribution < 1.29 is 50.1 Å². The molecule has 0 aromatic heterocycles. The van der Waals surface area contributed by atoms with Crippen LogP contribution in [0.15, 0.2) is 35.2 Å². The van der Waals surface area contributed by atoms with E-state index in [0.717, 1.165) is 12.3 Å². The number of aliphatic hydroxyl groups is 3. The summed E-state index contributed by atoms with van der Waals surface area (Å²) in [6.07, 6.45) is -2.48. The molecule has 2 aliphatic carbocycles. The molecule has 0 heterocycles. The van der Waals surface area contributed by atoms with Gasteiger partial charge in [0.05, 0.1) is 33.1 Å². The Bertz CT molecular complexity index is 1590. The fourth-order valence-corrected chi connectivity index (χ4v) is 9.06. The molecular weight excluding hydrogens is 625 g/mol. The fourth-order valence-electron chi connectivity index (χ4n) is 6.21. The maximum Gasteiger partial charge on any atom is 0.255 e. The van der Waals surface area contributed by atoms with Crippen LogP contribution in [0.4, 0.5) is 18.9 Å². The largest absolute Gasteiger partial charge is 0.389 e. The zero-order valence-electron chi connectivity index (χ0n) is 22.4. The lowest BCUT2D eigenvalue weighted by atomic mass is 9.69. The average Bonchev–Trinajstić information content (AvgIpc) is 3.01. The van der Waals surface area contributed by atoms with E-state index in [1.54, 1.807) is 6.92 Å². The lowest BCUT2D eigenvalue weighted by Gasteiger charge is -2.47. The van der Waals surface area contributed by atoms with Crippen LogP contribution in [0, 0.1) is 35.2 Å². The molecule has 2 fully saturated rings. The third-order valence-electron chi connectivity index (χ3n) is 8.23. The summed E-state index contributed by atoms with van der Waals surface area (Å²) in [7, 11) is -7.94. The van der Waals surface area contributed by atoms with E-state index < -0.39 is 95.2 Å². The van der Waals surface area contributed by atoms with Crippen LogP contribution < -0.4 is 10.0 Å². The van der Waals surface area contributed by atoms with Gasteiger partial charge in [-0.05, 0) is 55.2 Å². The van der Waals surface area contributed by atoms with Gasteiger partial charge in [-0.2, -0.15) is 0 Å². The van der Waals surface area contributed by atoms with Crippen LogP contribution in [-0.4, -0.2) is 73.9 Å². The maximum atomic E-state index is 13.8. The lowest BCUT2D eigenvalue weighted by molar-refractivity contribution is -0.177. The highest BCUT2D eigenvalue weighted by molar-refractivity contribution is 7.92. The molecule has 10 nitrogen and oxygen atoms in total. The van der Waals surface area contributed by atoms with Gasteiger partial charge in [0.25, 0.3) is 5.91 Å². The summed E-state index contributed by atoms with van der Waals surface area (Å²) < 4.78 is 92.9. The molecule has 1 amide bonds. The smallest absolute Gasteiger partial charge is 0.255 e. The SMILES string of the molecule is C[C@H]1CC2C[C@@H](S(=O)(=O)c3cc(C(=O)Nc4cc(F)c(F)c(F)c4)ccc3Cl)CC1[C@@]2(O)C(O)C(O)CNS(C)(=O)=O. The van der Waals surface area contributed by atoms with Gasteiger partial charge in [0, 0.05) is 29.9 Å². The molecule has 2 bridgehead atoms. The van der Waals surface area contributed by atoms with Crippen molar-refractivity contribution in [2.75, 3.05) is 18.1 Å². The molecule has 4 rings (SSSR count). The first kappa shape index (κ1) is 32.6. The van der Waals surface area contributed by atoms with E-state index >= 15 is 0 Å². The van der Waals surface area contributed by atoms with Gasteiger partial charge in [-0.15, -0.1) is 0 Å².